The number of fused-ring (bicyclic) bond motifs is 1. The Morgan fingerprint density at radius 3 is 2.77 bits per heavy atom. The summed E-state index contributed by atoms with van der Waals surface area (Å²) >= 11 is 0. The van der Waals surface area contributed by atoms with Crippen LogP contribution >= 0.6 is 0 Å². The highest BCUT2D eigenvalue weighted by Gasteiger charge is 2.14. The van der Waals surface area contributed by atoms with Crippen molar-refractivity contribution in [3.8, 4) is 5.82 Å². The summed E-state index contributed by atoms with van der Waals surface area (Å²) in [6.45, 7) is 0. The molecule has 5 nitrogen and oxygen atoms in total. The summed E-state index contributed by atoms with van der Waals surface area (Å²) in [4.78, 5) is 13.5. The summed E-state index contributed by atoms with van der Waals surface area (Å²) in [5.41, 5.74) is 2.03. The van der Waals surface area contributed by atoms with Crippen LogP contribution in [0, 0.1) is 0 Å². The first kappa shape index (κ1) is 13.2. The maximum absolute atomic E-state index is 4.66. The summed E-state index contributed by atoms with van der Waals surface area (Å²) in [7, 11) is 0. The van der Waals surface area contributed by atoms with Gasteiger partial charge in [0.25, 0.3) is 0 Å². The van der Waals surface area contributed by atoms with Gasteiger partial charge < -0.3 is 5.32 Å². The van der Waals surface area contributed by atoms with Gasteiger partial charge in [-0.05, 0) is 31.0 Å². The topological polar surface area (TPSA) is 55.6 Å². The van der Waals surface area contributed by atoms with Crippen LogP contribution in [-0.4, -0.2) is 25.6 Å². The predicted molar refractivity (Wildman–Crippen MR) is 87.2 cm³/mol. The van der Waals surface area contributed by atoms with E-state index in [1.54, 1.807) is 0 Å². The molecule has 0 saturated heterocycles. The molecule has 0 spiro atoms. The minimum absolute atomic E-state index is 0.503. The van der Waals surface area contributed by atoms with Gasteiger partial charge in [-0.3, -0.25) is 4.57 Å². The number of hydrogen-bond acceptors (Lipinski definition) is 4. The second kappa shape index (κ2) is 5.75. The fourth-order valence-electron chi connectivity index (χ4n) is 3.12. The van der Waals surface area contributed by atoms with Gasteiger partial charge in [-0.25, -0.2) is 9.97 Å². The second-order valence-corrected chi connectivity index (χ2v) is 5.82. The van der Waals surface area contributed by atoms with Crippen LogP contribution in [0.1, 0.15) is 32.1 Å². The Hall–Kier alpha value is -2.43. The summed E-state index contributed by atoms with van der Waals surface area (Å²) in [6.07, 6.45) is 9.98. The van der Waals surface area contributed by atoms with Gasteiger partial charge in [0.1, 0.15) is 12.1 Å². The van der Waals surface area contributed by atoms with E-state index >= 15 is 0 Å². The molecule has 0 radical (unpaired) electrons. The Morgan fingerprint density at radius 2 is 1.86 bits per heavy atom. The largest absolute Gasteiger partial charge is 0.351 e. The van der Waals surface area contributed by atoms with E-state index in [1.807, 2.05) is 41.4 Å². The van der Waals surface area contributed by atoms with Crippen molar-refractivity contribution in [2.75, 3.05) is 5.32 Å². The van der Waals surface area contributed by atoms with Crippen molar-refractivity contribution in [1.82, 2.24) is 19.5 Å². The van der Waals surface area contributed by atoms with E-state index < -0.39 is 0 Å². The lowest BCUT2D eigenvalue weighted by molar-refractivity contribution is 0.461. The molecule has 1 aliphatic rings. The van der Waals surface area contributed by atoms with Crippen LogP contribution < -0.4 is 5.32 Å². The number of anilines is 1. The zero-order chi connectivity index (χ0) is 14.8. The highest BCUT2D eigenvalue weighted by molar-refractivity contribution is 5.76. The highest BCUT2D eigenvalue weighted by atomic mass is 15.2. The summed E-state index contributed by atoms with van der Waals surface area (Å²) in [5, 5.41) is 3.48. The second-order valence-electron chi connectivity index (χ2n) is 5.82. The van der Waals surface area contributed by atoms with Crippen molar-refractivity contribution in [2.24, 2.45) is 0 Å². The van der Waals surface area contributed by atoms with E-state index in [1.165, 1.54) is 32.1 Å². The fourth-order valence-corrected chi connectivity index (χ4v) is 3.12. The fraction of sp³-hybridized carbons (Fsp3) is 0.353. The third kappa shape index (κ3) is 2.54. The van der Waals surface area contributed by atoms with Crippen molar-refractivity contribution in [3.63, 3.8) is 0 Å². The molecule has 0 aliphatic heterocycles. The number of benzene rings is 1. The van der Waals surface area contributed by atoms with Gasteiger partial charge in [0.2, 0.25) is 5.95 Å². The lowest BCUT2D eigenvalue weighted by Gasteiger charge is -2.22. The number of rotatable bonds is 3. The Balaban J connectivity index is 1.63. The van der Waals surface area contributed by atoms with Gasteiger partial charge in [-0.2, -0.15) is 4.98 Å². The van der Waals surface area contributed by atoms with E-state index in [0.717, 1.165) is 16.9 Å². The molecule has 112 valence electrons. The Bertz CT molecular complexity index is 773. The maximum atomic E-state index is 4.66. The molecule has 1 N–H and O–H groups in total. The molecule has 0 bridgehead atoms. The van der Waals surface area contributed by atoms with E-state index in [2.05, 4.69) is 26.3 Å². The first-order valence-corrected chi connectivity index (χ1v) is 7.92. The van der Waals surface area contributed by atoms with Crippen LogP contribution in [0.4, 0.5) is 5.95 Å². The molecule has 22 heavy (non-hydrogen) atoms. The molecule has 0 unspecified atom stereocenters. The first-order chi connectivity index (χ1) is 10.9. The molecule has 0 amide bonds. The molecule has 1 saturated carbocycles. The molecule has 2 aromatic heterocycles. The molecular weight excluding hydrogens is 274 g/mol. The number of para-hydroxylation sites is 2. The molecule has 1 aromatic carbocycles. The van der Waals surface area contributed by atoms with Gasteiger partial charge >= 0.3 is 0 Å². The van der Waals surface area contributed by atoms with Crippen molar-refractivity contribution < 1.29 is 0 Å². The van der Waals surface area contributed by atoms with E-state index in [0.29, 0.717) is 12.0 Å². The lowest BCUT2D eigenvalue weighted by Crippen LogP contribution is -2.23. The van der Waals surface area contributed by atoms with Crippen LogP contribution in [0.2, 0.25) is 0 Å². The minimum Gasteiger partial charge on any atom is -0.351 e. The SMILES string of the molecule is c1ccc2c(c1)ncn2-c1ccnc(NC2CCCCC2)n1. The average Bonchev–Trinajstić information content (AvgIpc) is 3.00. The summed E-state index contributed by atoms with van der Waals surface area (Å²) in [6, 6.07) is 10.5. The minimum atomic E-state index is 0.503. The van der Waals surface area contributed by atoms with Crippen LogP contribution in [-0.2, 0) is 0 Å². The molecule has 5 heteroatoms. The number of hydrogen-bond donors (Lipinski definition) is 1. The molecule has 1 aliphatic carbocycles. The molecule has 3 aromatic rings. The zero-order valence-electron chi connectivity index (χ0n) is 12.4. The summed E-state index contributed by atoms with van der Waals surface area (Å²) < 4.78 is 2.00. The van der Waals surface area contributed by atoms with Gasteiger partial charge in [0, 0.05) is 12.2 Å². The first-order valence-electron chi connectivity index (χ1n) is 7.92. The van der Waals surface area contributed by atoms with Crippen LogP contribution in [0.15, 0.2) is 42.9 Å². The predicted octanol–water partition coefficient (Wildman–Crippen LogP) is 3.56. The average molecular weight is 293 g/mol. The Labute approximate surface area is 129 Å². The Morgan fingerprint density at radius 1 is 1.00 bits per heavy atom. The maximum Gasteiger partial charge on any atom is 0.224 e. The van der Waals surface area contributed by atoms with Crippen LogP contribution in [0.5, 0.6) is 0 Å². The zero-order valence-corrected chi connectivity index (χ0v) is 12.4. The van der Waals surface area contributed by atoms with Gasteiger partial charge in [-0.1, -0.05) is 31.4 Å². The van der Waals surface area contributed by atoms with Crippen molar-refractivity contribution >= 4 is 17.0 Å². The molecule has 2 heterocycles. The van der Waals surface area contributed by atoms with Gasteiger partial charge in [0.15, 0.2) is 0 Å². The monoisotopic (exact) mass is 293 g/mol. The molecule has 4 rings (SSSR count). The van der Waals surface area contributed by atoms with Crippen LogP contribution in [0.3, 0.4) is 0 Å². The van der Waals surface area contributed by atoms with Gasteiger partial charge in [0.05, 0.1) is 11.0 Å². The number of imidazole rings is 1. The van der Waals surface area contributed by atoms with Crippen molar-refractivity contribution in [1.29, 1.82) is 0 Å². The van der Waals surface area contributed by atoms with Crippen molar-refractivity contribution in [2.45, 2.75) is 38.1 Å². The summed E-state index contributed by atoms with van der Waals surface area (Å²) in [5.74, 6) is 1.56. The molecular formula is C17H19N5. The van der Waals surface area contributed by atoms with E-state index in [9.17, 15) is 0 Å². The molecule has 0 atom stereocenters. The van der Waals surface area contributed by atoms with E-state index in [4.69, 9.17) is 0 Å². The van der Waals surface area contributed by atoms with Crippen molar-refractivity contribution in [3.05, 3.63) is 42.9 Å². The third-order valence-electron chi connectivity index (χ3n) is 4.28. The molecule has 1 fully saturated rings. The normalized spacial score (nSPS) is 16.0. The van der Waals surface area contributed by atoms with E-state index in [-0.39, 0.29) is 0 Å². The third-order valence-corrected chi connectivity index (χ3v) is 4.28. The standard InChI is InChI=1S/C17H19N5/c1-2-6-13(7-3-1)20-17-18-11-10-16(21-17)22-12-19-14-8-4-5-9-15(14)22/h4-5,8-13H,1-3,6-7H2,(H,18,20,21). The lowest BCUT2D eigenvalue weighted by atomic mass is 9.96. The number of aromatic nitrogens is 4. The number of nitrogens with zero attached hydrogens (tertiary/aromatic N) is 4. The highest BCUT2D eigenvalue weighted by Crippen LogP contribution is 2.21. The number of nitrogens with one attached hydrogen (secondary N) is 1. The van der Waals surface area contributed by atoms with Gasteiger partial charge in [-0.15, -0.1) is 0 Å². The quantitative estimate of drug-likeness (QED) is 0.802. The smallest absolute Gasteiger partial charge is 0.224 e. The van der Waals surface area contributed by atoms with Crippen LogP contribution in [0.25, 0.3) is 16.9 Å². The Kier molecular flexibility index (Phi) is 3.46.